The maximum atomic E-state index is 12.2. The smallest absolute Gasteiger partial charge is 0.256 e. The average molecular weight is 354 g/mol. The molecule has 0 aliphatic rings. The highest BCUT2D eigenvalue weighted by Crippen LogP contribution is 2.22. The first-order valence-corrected chi connectivity index (χ1v) is 8.00. The molecule has 0 spiro atoms. The number of carbonyl (C=O) groups is 1. The Morgan fingerprint density at radius 1 is 1.21 bits per heavy atom. The highest BCUT2D eigenvalue weighted by atomic mass is 79.9. The zero-order valence-corrected chi connectivity index (χ0v) is 13.5. The van der Waals surface area contributed by atoms with E-state index in [1.165, 1.54) is 0 Å². The minimum atomic E-state index is -0.153. The van der Waals surface area contributed by atoms with Gasteiger partial charge in [-0.3, -0.25) is 4.79 Å². The predicted molar refractivity (Wildman–Crippen MR) is 87.6 cm³/mol. The fraction of sp³-hybridized carbons (Fsp3) is 0.0714. The highest BCUT2D eigenvalue weighted by Gasteiger charge is 2.10. The van der Waals surface area contributed by atoms with Crippen LogP contribution in [0.1, 0.15) is 10.4 Å². The van der Waals surface area contributed by atoms with Gasteiger partial charge in [-0.25, -0.2) is 0 Å². The molecule has 0 atom stereocenters. The van der Waals surface area contributed by atoms with Gasteiger partial charge in [-0.05, 0) is 64.7 Å². The van der Waals surface area contributed by atoms with Gasteiger partial charge in [0.15, 0.2) is 0 Å². The van der Waals surface area contributed by atoms with E-state index in [-0.39, 0.29) is 5.91 Å². The lowest BCUT2D eigenvalue weighted by atomic mass is 10.2. The summed E-state index contributed by atoms with van der Waals surface area (Å²) in [6.07, 6.45) is 2.02. The second kappa shape index (κ2) is 6.50. The topological polar surface area (TPSA) is 29.1 Å². The summed E-state index contributed by atoms with van der Waals surface area (Å²) in [7, 11) is 0. The summed E-state index contributed by atoms with van der Waals surface area (Å²) in [4.78, 5) is 14.1. The Morgan fingerprint density at radius 3 is 2.53 bits per heavy atom. The Hall–Kier alpha value is -0.910. The van der Waals surface area contributed by atoms with Gasteiger partial charge in [0.2, 0.25) is 0 Å². The Morgan fingerprint density at radius 2 is 1.89 bits per heavy atom. The van der Waals surface area contributed by atoms with Gasteiger partial charge in [0.1, 0.15) is 0 Å². The molecule has 5 heteroatoms. The maximum absolute atomic E-state index is 12.2. The van der Waals surface area contributed by atoms with Crippen LogP contribution in [-0.4, -0.2) is 12.2 Å². The van der Waals surface area contributed by atoms with Crippen molar-refractivity contribution in [3.8, 4) is 0 Å². The second-order valence-corrected chi connectivity index (χ2v) is 6.10. The van der Waals surface area contributed by atoms with Gasteiger partial charge < -0.3 is 5.32 Å². The molecule has 0 saturated heterocycles. The summed E-state index contributed by atoms with van der Waals surface area (Å²) in [5, 5.41) is 2.87. The number of amides is 1. The number of rotatable bonds is 3. The number of thioether (sulfide) groups is 1. The summed E-state index contributed by atoms with van der Waals surface area (Å²) < 4.78 is 0.753. The van der Waals surface area contributed by atoms with Crippen molar-refractivity contribution < 1.29 is 4.79 Å². The first-order chi connectivity index (χ1) is 9.10. The summed E-state index contributed by atoms with van der Waals surface area (Å²) in [6.45, 7) is 0. The summed E-state index contributed by atoms with van der Waals surface area (Å²) in [6, 6.07) is 13.1. The van der Waals surface area contributed by atoms with Crippen LogP contribution in [0.3, 0.4) is 0 Å². The lowest BCUT2D eigenvalue weighted by molar-refractivity contribution is 0.102. The Bertz CT molecular complexity index is 599. The van der Waals surface area contributed by atoms with E-state index in [1.807, 2.05) is 42.7 Å². The molecule has 0 heterocycles. The van der Waals surface area contributed by atoms with Gasteiger partial charge in [-0.2, -0.15) is 0 Å². The van der Waals surface area contributed by atoms with Crippen molar-refractivity contribution in [2.45, 2.75) is 9.79 Å². The van der Waals surface area contributed by atoms with Crippen LogP contribution in [-0.2, 0) is 0 Å². The second-order valence-electron chi connectivity index (χ2n) is 3.85. The van der Waals surface area contributed by atoms with Crippen molar-refractivity contribution in [2.24, 2.45) is 0 Å². The quantitative estimate of drug-likeness (QED) is 0.617. The number of hydrogen-bond acceptors (Lipinski definition) is 3. The van der Waals surface area contributed by atoms with Crippen LogP contribution in [0.25, 0.3) is 0 Å². The number of nitrogens with one attached hydrogen (secondary N) is 1. The predicted octanol–water partition coefficient (Wildman–Crippen LogP) is 4.71. The third kappa shape index (κ3) is 3.78. The Labute approximate surface area is 130 Å². The molecule has 98 valence electrons. The largest absolute Gasteiger partial charge is 0.322 e. The normalized spacial score (nSPS) is 10.3. The summed E-state index contributed by atoms with van der Waals surface area (Å²) in [5.74, 6) is -0.153. The molecular formula is C14H12BrNOS2. The fourth-order valence-corrected chi connectivity index (χ4v) is 2.60. The number of benzene rings is 2. The summed E-state index contributed by atoms with van der Waals surface area (Å²) >= 11 is 9.28. The van der Waals surface area contributed by atoms with Crippen LogP contribution in [0.5, 0.6) is 0 Å². The molecule has 0 saturated carbocycles. The molecule has 2 nitrogen and oxygen atoms in total. The molecule has 0 fully saturated rings. The van der Waals surface area contributed by atoms with E-state index in [0.717, 1.165) is 20.0 Å². The third-order valence-corrected chi connectivity index (χ3v) is 4.26. The number of hydrogen-bond donors (Lipinski definition) is 2. The standard InChI is InChI=1S/C14H12BrNOS2/c1-19-11-5-2-9(3-6-11)16-14(17)12-8-10(18)4-7-13(12)15/h2-8,18H,1H3,(H,16,17). The van der Waals surface area contributed by atoms with Gasteiger partial charge in [0.05, 0.1) is 5.56 Å². The minimum Gasteiger partial charge on any atom is -0.322 e. The first-order valence-electron chi connectivity index (χ1n) is 5.54. The van der Waals surface area contributed by atoms with Crippen LogP contribution in [0, 0.1) is 0 Å². The van der Waals surface area contributed by atoms with Crippen molar-refractivity contribution in [3.05, 3.63) is 52.5 Å². The third-order valence-electron chi connectivity index (χ3n) is 2.54. The van der Waals surface area contributed by atoms with Crippen LogP contribution >= 0.6 is 40.3 Å². The average Bonchev–Trinajstić information content (AvgIpc) is 2.42. The molecule has 0 bridgehead atoms. The van der Waals surface area contributed by atoms with E-state index < -0.39 is 0 Å². The van der Waals surface area contributed by atoms with Crippen LogP contribution in [0.15, 0.2) is 56.7 Å². The Kier molecular flexibility index (Phi) is 4.96. The molecule has 2 rings (SSSR count). The van der Waals surface area contributed by atoms with Gasteiger partial charge in [0.25, 0.3) is 5.91 Å². The molecule has 2 aromatic carbocycles. The van der Waals surface area contributed by atoms with E-state index in [0.29, 0.717) is 5.56 Å². The molecule has 0 unspecified atom stereocenters. The van der Waals surface area contributed by atoms with E-state index in [1.54, 1.807) is 17.8 Å². The monoisotopic (exact) mass is 353 g/mol. The van der Waals surface area contributed by atoms with Gasteiger partial charge >= 0.3 is 0 Å². The maximum Gasteiger partial charge on any atom is 0.256 e. The number of thiol groups is 1. The SMILES string of the molecule is CSc1ccc(NC(=O)c2cc(S)ccc2Br)cc1. The van der Waals surface area contributed by atoms with E-state index in [4.69, 9.17) is 0 Å². The lowest BCUT2D eigenvalue weighted by Gasteiger charge is -2.08. The zero-order chi connectivity index (χ0) is 13.8. The van der Waals surface area contributed by atoms with E-state index in [9.17, 15) is 4.79 Å². The molecule has 0 aliphatic carbocycles. The van der Waals surface area contributed by atoms with Gasteiger partial charge in [0, 0.05) is 20.0 Å². The van der Waals surface area contributed by atoms with Crippen molar-refractivity contribution >= 4 is 51.9 Å². The van der Waals surface area contributed by atoms with E-state index >= 15 is 0 Å². The molecular weight excluding hydrogens is 342 g/mol. The van der Waals surface area contributed by atoms with Crippen LogP contribution in [0.4, 0.5) is 5.69 Å². The molecule has 1 N–H and O–H groups in total. The number of anilines is 1. The first kappa shape index (κ1) is 14.5. The van der Waals surface area contributed by atoms with Crippen molar-refractivity contribution in [1.82, 2.24) is 0 Å². The van der Waals surface area contributed by atoms with Gasteiger partial charge in [-0.1, -0.05) is 0 Å². The molecule has 2 aromatic rings. The summed E-state index contributed by atoms with van der Waals surface area (Å²) in [5.41, 5.74) is 1.35. The van der Waals surface area contributed by atoms with Crippen molar-refractivity contribution in [1.29, 1.82) is 0 Å². The molecule has 19 heavy (non-hydrogen) atoms. The zero-order valence-electron chi connectivity index (χ0n) is 10.2. The minimum absolute atomic E-state index is 0.153. The number of halogens is 1. The molecule has 1 amide bonds. The molecule has 0 aliphatic heterocycles. The lowest BCUT2D eigenvalue weighted by Crippen LogP contribution is -2.12. The van der Waals surface area contributed by atoms with Crippen molar-refractivity contribution in [2.75, 3.05) is 11.6 Å². The fourth-order valence-electron chi connectivity index (χ4n) is 1.56. The van der Waals surface area contributed by atoms with E-state index in [2.05, 4.69) is 33.9 Å². The van der Waals surface area contributed by atoms with Crippen molar-refractivity contribution in [3.63, 3.8) is 0 Å². The molecule has 0 radical (unpaired) electrons. The molecule has 0 aromatic heterocycles. The highest BCUT2D eigenvalue weighted by molar-refractivity contribution is 9.10. The Balaban J connectivity index is 2.18. The van der Waals surface area contributed by atoms with Crippen LogP contribution in [0.2, 0.25) is 0 Å². The van der Waals surface area contributed by atoms with Crippen LogP contribution < -0.4 is 5.32 Å². The van der Waals surface area contributed by atoms with Gasteiger partial charge in [-0.15, -0.1) is 24.4 Å². The number of carbonyl (C=O) groups excluding carboxylic acids is 1.